The lowest BCUT2D eigenvalue weighted by atomic mass is 9.92. The molecule has 0 aromatic heterocycles. The molecule has 3 rings (SSSR count). The van der Waals surface area contributed by atoms with E-state index in [1.54, 1.807) is 30.3 Å². The summed E-state index contributed by atoms with van der Waals surface area (Å²) in [6.45, 7) is 0.663. The van der Waals surface area contributed by atoms with E-state index in [9.17, 15) is 22.4 Å². The Balaban J connectivity index is 1.80. The van der Waals surface area contributed by atoms with Crippen LogP contribution in [0, 0.1) is 5.82 Å². The molecule has 1 heterocycles. The van der Waals surface area contributed by atoms with Crippen molar-refractivity contribution in [3.63, 3.8) is 0 Å². The van der Waals surface area contributed by atoms with Crippen LogP contribution in [0.4, 0.5) is 23.2 Å². The number of ether oxygens (including phenoxy) is 1. The summed E-state index contributed by atoms with van der Waals surface area (Å²) in [5.74, 6) is -0.651. The zero-order valence-electron chi connectivity index (χ0n) is 16.6. The molecule has 1 aliphatic rings. The number of nitrogens with one attached hydrogen (secondary N) is 1. The number of halogens is 4. The van der Waals surface area contributed by atoms with Gasteiger partial charge in [0.2, 0.25) is 5.91 Å². The van der Waals surface area contributed by atoms with Crippen molar-refractivity contribution in [3.05, 3.63) is 53.8 Å². The molecule has 1 aliphatic heterocycles. The first kappa shape index (κ1) is 22.6. The van der Waals surface area contributed by atoms with E-state index in [0.717, 1.165) is 4.90 Å². The van der Waals surface area contributed by atoms with Gasteiger partial charge < -0.3 is 10.1 Å². The third-order valence-corrected chi connectivity index (χ3v) is 5.89. The molecule has 162 valence electrons. The number of carbonyl (C=O) groups excluding carboxylic acids is 1. The standard InChI is InChI=1S/C21H22F4N2O2S/c1-14(28)26-17-3-5-18(6-4-17)30-19-10-15(9-16(22)11-19)20(29-2)7-8-27(12-20)13-21(23,24)25/h3-6,9-11H,7-8,12-13H2,1-2H3,(H,26,28). The van der Waals surface area contributed by atoms with Gasteiger partial charge in [-0.1, -0.05) is 11.8 Å². The fourth-order valence-corrected chi connectivity index (χ4v) is 4.50. The first-order valence-corrected chi connectivity index (χ1v) is 10.1. The smallest absolute Gasteiger partial charge is 0.372 e. The molecular formula is C21H22F4N2O2S. The predicted octanol–water partition coefficient (Wildman–Crippen LogP) is 5.05. The average Bonchev–Trinajstić information content (AvgIpc) is 3.05. The number of anilines is 1. The largest absolute Gasteiger partial charge is 0.401 e. The van der Waals surface area contributed by atoms with Gasteiger partial charge in [-0.2, -0.15) is 13.2 Å². The van der Waals surface area contributed by atoms with Crippen molar-refractivity contribution in [2.75, 3.05) is 32.1 Å². The van der Waals surface area contributed by atoms with E-state index in [1.165, 1.54) is 42.8 Å². The summed E-state index contributed by atoms with van der Waals surface area (Å²) in [5.41, 5.74) is 0.186. The number of methoxy groups -OCH3 is 1. The van der Waals surface area contributed by atoms with Crippen LogP contribution >= 0.6 is 11.8 Å². The van der Waals surface area contributed by atoms with E-state index in [2.05, 4.69) is 5.32 Å². The third-order valence-electron chi connectivity index (χ3n) is 4.91. The SMILES string of the molecule is COC1(c2cc(F)cc(Sc3ccc(NC(C)=O)cc3)c2)CCN(CC(F)(F)F)C1. The molecule has 0 aliphatic carbocycles. The molecule has 1 amide bonds. The molecule has 2 aromatic rings. The molecule has 30 heavy (non-hydrogen) atoms. The van der Waals surface area contributed by atoms with Gasteiger partial charge in [-0.05, 0) is 54.4 Å². The van der Waals surface area contributed by atoms with Gasteiger partial charge in [0.15, 0.2) is 0 Å². The minimum Gasteiger partial charge on any atom is -0.372 e. The number of hydrogen-bond acceptors (Lipinski definition) is 4. The first-order chi connectivity index (χ1) is 14.1. The van der Waals surface area contributed by atoms with Crippen molar-refractivity contribution >= 4 is 23.4 Å². The lowest BCUT2D eigenvalue weighted by molar-refractivity contribution is -0.146. The number of amides is 1. The second-order valence-corrected chi connectivity index (χ2v) is 8.40. The van der Waals surface area contributed by atoms with Gasteiger partial charge in [-0.25, -0.2) is 4.39 Å². The molecule has 1 N–H and O–H groups in total. The van der Waals surface area contributed by atoms with Crippen LogP contribution in [0.2, 0.25) is 0 Å². The van der Waals surface area contributed by atoms with Gasteiger partial charge in [0.1, 0.15) is 11.4 Å². The second-order valence-electron chi connectivity index (χ2n) is 7.26. The molecule has 0 bridgehead atoms. The Hall–Kier alpha value is -2.10. The van der Waals surface area contributed by atoms with Crippen molar-refractivity contribution in [1.29, 1.82) is 0 Å². The third kappa shape index (κ3) is 5.74. The van der Waals surface area contributed by atoms with Crippen LogP contribution in [0.15, 0.2) is 52.3 Å². The van der Waals surface area contributed by atoms with E-state index in [0.29, 0.717) is 22.6 Å². The van der Waals surface area contributed by atoms with Gasteiger partial charge in [0.25, 0.3) is 0 Å². The maximum atomic E-state index is 14.4. The number of likely N-dealkylation sites (tertiary alicyclic amines) is 1. The molecule has 4 nitrogen and oxygen atoms in total. The first-order valence-electron chi connectivity index (χ1n) is 9.29. The molecular weight excluding hydrogens is 420 g/mol. The van der Waals surface area contributed by atoms with Crippen molar-refractivity contribution in [1.82, 2.24) is 4.90 Å². The van der Waals surface area contributed by atoms with Crippen molar-refractivity contribution < 1.29 is 27.1 Å². The number of benzene rings is 2. The van der Waals surface area contributed by atoms with E-state index < -0.39 is 24.1 Å². The fourth-order valence-electron chi connectivity index (χ4n) is 3.60. The zero-order valence-corrected chi connectivity index (χ0v) is 17.4. The van der Waals surface area contributed by atoms with E-state index in [-0.39, 0.29) is 19.0 Å². The number of alkyl halides is 3. The van der Waals surface area contributed by atoms with Crippen LogP contribution in [-0.4, -0.2) is 43.7 Å². The Bertz CT molecular complexity index is 905. The Morgan fingerprint density at radius 3 is 2.50 bits per heavy atom. The summed E-state index contributed by atoms with van der Waals surface area (Å²) in [4.78, 5) is 13.8. The molecule has 9 heteroatoms. The van der Waals surface area contributed by atoms with Gasteiger partial charge >= 0.3 is 6.18 Å². The number of hydrogen-bond donors (Lipinski definition) is 1. The lowest BCUT2D eigenvalue weighted by Crippen LogP contribution is -2.37. The van der Waals surface area contributed by atoms with Crippen LogP contribution in [0.1, 0.15) is 18.9 Å². The Morgan fingerprint density at radius 2 is 1.90 bits per heavy atom. The topological polar surface area (TPSA) is 41.6 Å². The van der Waals surface area contributed by atoms with Crippen LogP contribution < -0.4 is 5.32 Å². The Labute approximate surface area is 176 Å². The highest BCUT2D eigenvalue weighted by atomic mass is 32.2. The summed E-state index contributed by atoms with van der Waals surface area (Å²) in [6, 6.07) is 11.5. The molecule has 0 saturated carbocycles. The van der Waals surface area contributed by atoms with E-state index >= 15 is 0 Å². The Morgan fingerprint density at radius 1 is 1.20 bits per heavy atom. The van der Waals surface area contributed by atoms with Crippen LogP contribution in [0.5, 0.6) is 0 Å². The summed E-state index contributed by atoms with van der Waals surface area (Å²) in [7, 11) is 1.44. The summed E-state index contributed by atoms with van der Waals surface area (Å²) >= 11 is 1.32. The van der Waals surface area contributed by atoms with Gasteiger partial charge in [-0.15, -0.1) is 0 Å². The van der Waals surface area contributed by atoms with Gasteiger partial charge in [0.05, 0.1) is 6.54 Å². The average molecular weight is 442 g/mol. The lowest BCUT2D eigenvalue weighted by Gasteiger charge is -2.29. The van der Waals surface area contributed by atoms with Crippen molar-refractivity contribution in [2.45, 2.75) is 34.9 Å². The Kier molecular flexibility index (Phi) is 6.74. The maximum absolute atomic E-state index is 14.4. The minimum atomic E-state index is -4.30. The summed E-state index contributed by atoms with van der Waals surface area (Å²) in [6.07, 6.45) is -3.95. The molecule has 2 aromatic carbocycles. The van der Waals surface area contributed by atoms with Gasteiger partial charge in [0, 0.05) is 42.6 Å². The second kappa shape index (κ2) is 8.95. The predicted molar refractivity (Wildman–Crippen MR) is 107 cm³/mol. The van der Waals surface area contributed by atoms with Crippen molar-refractivity contribution in [2.24, 2.45) is 0 Å². The molecule has 1 fully saturated rings. The number of carbonyl (C=O) groups is 1. The van der Waals surface area contributed by atoms with Gasteiger partial charge in [-0.3, -0.25) is 9.69 Å². The quantitative estimate of drug-likeness (QED) is 0.636. The molecule has 1 unspecified atom stereocenters. The highest BCUT2D eigenvalue weighted by Crippen LogP contribution is 2.39. The maximum Gasteiger partial charge on any atom is 0.401 e. The monoisotopic (exact) mass is 442 g/mol. The van der Waals surface area contributed by atoms with E-state index in [4.69, 9.17) is 4.74 Å². The summed E-state index contributed by atoms with van der Waals surface area (Å²) in [5, 5.41) is 2.67. The minimum absolute atomic E-state index is 0.0436. The molecule has 0 spiro atoms. The molecule has 1 saturated heterocycles. The number of rotatable bonds is 6. The molecule has 0 radical (unpaired) electrons. The van der Waals surface area contributed by atoms with E-state index in [1.807, 2.05) is 0 Å². The fraction of sp³-hybridized carbons (Fsp3) is 0.381. The number of nitrogens with zero attached hydrogens (tertiary/aromatic N) is 1. The highest BCUT2D eigenvalue weighted by molar-refractivity contribution is 7.99. The van der Waals surface area contributed by atoms with Crippen LogP contribution in [0.3, 0.4) is 0 Å². The zero-order chi connectivity index (χ0) is 21.9. The van der Waals surface area contributed by atoms with Crippen LogP contribution in [-0.2, 0) is 15.1 Å². The highest BCUT2D eigenvalue weighted by Gasteiger charge is 2.43. The van der Waals surface area contributed by atoms with Crippen LogP contribution in [0.25, 0.3) is 0 Å². The van der Waals surface area contributed by atoms with Crippen molar-refractivity contribution in [3.8, 4) is 0 Å². The normalized spacial score (nSPS) is 19.8. The molecule has 1 atom stereocenters. The summed E-state index contributed by atoms with van der Waals surface area (Å²) < 4.78 is 58.3.